The average Bonchev–Trinajstić information content (AvgIpc) is 3.07. The molecule has 0 amide bonds. The lowest BCUT2D eigenvalue weighted by atomic mass is 9.83. The average molecular weight is 592 g/mol. The molecule has 4 aromatic rings. The van der Waals surface area contributed by atoms with E-state index in [0.29, 0.717) is 0 Å². The lowest BCUT2D eigenvalue weighted by molar-refractivity contribution is 0.572. The Labute approximate surface area is 261 Å². The molecule has 2 aliphatic carbocycles. The third-order valence-electron chi connectivity index (χ3n) is 8.84. The van der Waals surface area contributed by atoms with E-state index in [9.17, 15) is 0 Å². The molecule has 3 heteroatoms. The quantitative estimate of drug-likeness (QED) is 0.158. The smallest absolute Gasteiger partial charge is 0.150 e. The lowest BCUT2D eigenvalue weighted by Crippen LogP contribution is -2.29. The van der Waals surface area contributed by atoms with Crippen molar-refractivity contribution in [2.24, 2.45) is 5.92 Å². The maximum Gasteiger partial charge on any atom is 0.150 e. The van der Waals surface area contributed by atoms with Crippen molar-refractivity contribution < 1.29 is 4.57 Å². The fourth-order valence-electron chi connectivity index (χ4n) is 6.71. The molecule has 0 saturated carbocycles. The number of aromatic nitrogens is 1. The van der Waals surface area contributed by atoms with Crippen molar-refractivity contribution in [3.63, 3.8) is 0 Å². The maximum absolute atomic E-state index is 15.3. The number of rotatable bonds is 7. The summed E-state index contributed by atoms with van der Waals surface area (Å²) in [7, 11) is -3.00. The Hall–Kier alpha value is -4.48. The molecular weight excluding hydrogens is 553 g/mol. The largest absolute Gasteiger partial charge is 0.313 e. The standard InChI is InChI=1S/C41H38NOP/c1-5-16-35-29(3)24-26-37-39(36(17-6-2)40(42-41(35)37)31-18-10-7-11-19-31)32-25-27-38(30(4)28-32)44(43,33-20-12-8-13-21-33)34-22-14-9-15-23-34/h5,7-18,20-28,30-31,38H,2,19H2,1,3-4H3/b16-5-. The monoisotopic (exact) mass is 591 g/mol. The van der Waals surface area contributed by atoms with Gasteiger partial charge in [0.25, 0.3) is 0 Å². The predicted octanol–water partition coefficient (Wildman–Crippen LogP) is 9.95. The van der Waals surface area contributed by atoms with Gasteiger partial charge in [0.1, 0.15) is 7.14 Å². The molecule has 0 fully saturated rings. The summed E-state index contributed by atoms with van der Waals surface area (Å²) < 4.78 is 15.3. The van der Waals surface area contributed by atoms with Crippen LogP contribution in [-0.4, -0.2) is 10.6 Å². The molecule has 0 N–H and O–H groups in total. The Balaban J connectivity index is 1.57. The fourth-order valence-corrected chi connectivity index (χ4v) is 10.0. The minimum Gasteiger partial charge on any atom is -0.313 e. The normalized spacial score (nSPS) is 19.7. The van der Waals surface area contributed by atoms with Crippen LogP contribution in [0, 0.1) is 12.8 Å². The minimum absolute atomic E-state index is 0.0198. The summed E-state index contributed by atoms with van der Waals surface area (Å²) in [4.78, 5) is 5.37. The maximum atomic E-state index is 15.3. The van der Waals surface area contributed by atoms with Crippen LogP contribution in [0.5, 0.6) is 0 Å². The molecule has 2 aliphatic rings. The molecule has 3 atom stereocenters. The van der Waals surface area contributed by atoms with Gasteiger partial charge in [-0.2, -0.15) is 0 Å². The van der Waals surface area contributed by atoms with Gasteiger partial charge in [0.05, 0.1) is 11.2 Å². The second-order valence-corrected chi connectivity index (χ2v) is 14.6. The number of hydrogen-bond donors (Lipinski definition) is 0. The summed E-state index contributed by atoms with van der Waals surface area (Å²) >= 11 is 0. The zero-order valence-corrected chi connectivity index (χ0v) is 26.5. The number of benzene rings is 3. The summed E-state index contributed by atoms with van der Waals surface area (Å²) in [5.74, 6) is 0.169. The first kappa shape index (κ1) is 29.6. The Morgan fingerprint density at radius 2 is 1.64 bits per heavy atom. The summed E-state index contributed by atoms with van der Waals surface area (Å²) in [5.41, 5.74) is 10.6. The molecule has 1 heterocycles. The van der Waals surface area contributed by atoms with Gasteiger partial charge in [0, 0.05) is 44.3 Å². The van der Waals surface area contributed by atoms with Crippen LogP contribution in [0.3, 0.4) is 0 Å². The van der Waals surface area contributed by atoms with E-state index in [1.165, 1.54) is 5.56 Å². The van der Waals surface area contributed by atoms with Gasteiger partial charge in [-0.05, 0) is 43.4 Å². The zero-order chi connectivity index (χ0) is 30.7. The van der Waals surface area contributed by atoms with Crippen LogP contribution in [0.4, 0.5) is 0 Å². The highest BCUT2D eigenvalue weighted by molar-refractivity contribution is 7.79. The Kier molecular flexibility index (Phi) is 8.49. The molecule has 0 saturated heterocycles. The van der Waals surface area contributed by atoms with E-state index in [4.69, 9.17) is 4.98 Å². The van der Waals surface area contributed by atoms with Crippen LogP contribution >= 0.6 is 7.14 Å². The van der Waals surface area contributed by atoms with Crippen LogP contribution in [-0.2, 0) is 4.57 Å². The van der Waals surface area contributed by atoms with Crippen LogP contribution < -0.4 is 10.6 Å². The summed E-state index contributed by atoms with van der Waals surface area (Å²) in [5, 5.41) is 2.88. The van der Waals surface area contributed by atoms with Crippen molar-refractivity contribution in [3.8, 4) is 0 Å². The topological polar surface area (TPSA) is 30.0 Å². The van der Waals surface area contributed by atoms with Gasteiger partial charge in [-0.25, -0.2) is 0 Å². The third-order valence-corrected chi connectivity index (χ3v) is 12.4. The number of nitrogens with zero attached hydrogens (tertiary/aromatic N) is 1. The van der Waals surface area contributed by atoms with E-state index >= 15 is 4.57 Å². The molecule has 0 radical (unpaired) electrons. The first-order chi connectivity index (χ1) is 21.5. The van der Waals surface area contributed by atoms with Crippen molar-refractivity contribution in [3.05, 3.63) is 162 Å². The Morgan fingerprint density at radius 3 is 2.23 bits per heavy atom. The van der Waals surface area contributed by atoms with Gasteiger partial charge in [-0.1, -0.05) is 141 Å². The van der Waals surface area contributed by atoms with Crippen LogP contribution in [0.25, 0.3) is 28.6 Å². The second-order valence-electron chi connectivity index (χ2n) is 11.6. The van der Waals surface area contributed by atoms with Gasteiger partial charge in [-0.15, -0.1) is 5.73 Å². The Bertz CT molecular complexity index is 1910. The number of hydrogen-bond acceptors (Lipinski definition) is 2. The van der Waals surface area contributed by atoms with Gasteiger partial charge in [-0.3, -0.25) is 4.98 Å². The summed E-state index contributed by atoms with van der Waals surface area (Å²) in [6.07, 6.45) is 22.5. The molecule has 1 aromatic heterocycles. The van der Waals surface area contributed by atoms with Crippen LogP contribution in [0.1, 0.15) is 54.1 Å². The predicted molar refractivity (Wildman–Crippen MR) is 190 cm³/mol. The highest BCUT2D eigenvalue weighted by Crippen LogP contribution is 2.54. The van der Waals surface area contributed by atoms with Crippen molar-refractivity contribution in [2.45, 2.75) is 38.8 Å². The first-order valence-corrected chi connectivity index (χ1v) is 17.2. The molecular formula is C41H38NOP. The van der Waals surface area contributed by atoms with E-state index in [0.717, 1.165) is 55.9 Å². The second kappa shape index (κ2) is 12.6. The molecule has 218 valence electrons. The van der Waals surface area contributed by atoms with Crippen LogP contribution in [0.2, 0.25) is 0 Å². The van der Waals surface area contributed by atoms with Crippen molar-refractivity contribution in [1.29, 1.82) is 0 Å². The van der Waals surface area contributed by atoms with E-state index < -0.39 is 7.14 Å². The first-order valence-electron chi connectivity index (χ1n) is 15.4. The van der Waals surface area contributed by atoms with Gasteiger partial charge < -0.3 is 4.57 Å². The van der Waals surface area contributed by atoms with Gasteiger partial charge in [0.2, 0.25) is 0 Å². The molecule has 3 aromatic carbocycles. The number of pyridine rings is 1. The molecule has 2 nitrogen and oxygen atoms in total. The molecule has 3 unspecified atom stereocenters. The molecule has 6 rings (SSSR count). The highest BCUT2D eigenvalue weighted by atomic mass is 31.2. The molecule has 0 aliphatic heterocycles. The van der Waals surface area contributed by atoms with E-state index in [-0.39, 0.29) is 17.5 Å². The molecule has 44 heavy (non-hydrogen) atoms. The number of aryl methyl sites for hydroxylation is 1. The zero-order valence-electron chi connectivity index (χ0n) is 25.7. The number of allylic oxidation sites excluding steroid dienone is 9. The summed E-state index contributed by atoms with van der Waals surface area (Å²) in [6, 6.07) is 24.4. The van der Waals surface area contributed by atoms with E-state index in [1.807, 2.05) is 66.7 Å². The SMILES string of the molecule is C=C=Cc1c(C2C=CC=CC2)nc2c(/C=C\C)c(C)ccc2c1C1=CC(C)C(P(=O)(c2ccccc2)c2ccccc2)C=C1. The van der Waals surface area contributed by atoms with Crippen molar-refractivity contribution in [1.82, 2.24) is 4.98 Å². The lowest BCUT2D eigenvalue weighted by Gasteiger charge is -2.33. The van der Waals surface area contributed by atoms with E-state index in [2.05, 4.69) is 99.9 Å². The Morgan fingerprint density at radius 1 is 0.932 bits per heavy atom. The number of fused-ring (bicyclic) bond motifs is 1. The van der Waals surface area contributed by atoms with Crippen molar-refractivity contribution >= 4 is 46.4 Å². The highest BCUT2D eigenvalue weighted by Gasteiger charge is 2.39. The van der Waals surface area contributed by atoms with Crippen molar-refractivity contribution in [2.75, 3.05) is 0 Å². The minimum atomic E-state index is -3.00. The van der Waals surface area contributed by atoms with Crippen LogP contribution in [0.15, 0.2) is 134 Å². The van der Waals surface area contributed by atoms with E-state index in [1.54, 1.807) is 0 Å². The summed E-state index contributed by atoms with van der Waals surface area (Å²) in [6.45, 7) is 10.4. The molecule has 0 bridgehead atoms. The van der Waals surface area contributed by atoms with Gasteiger partial charge >= 0.3 is 0 Å². The fraction of sp³-hybridized carbons (Fsp3) is 0.171. The molecule has 0 spiro atoms. The third kappa shape index (κ3) is 5.26. The van der Waals surface area contributed by atoms with Gasteiger partial charge in [0.15, 0.2) is 0 Å².